The largest absolute Gasteiger partial charge is 0.281 e. The predicted molar refractivity (Wildman–Crippen MR) is 60.6 cm³/mol. The zero-order valence-corrected chi connectivity index (χ0v) is 10.6. The quantitative estimate of drug-likeness (QED) is 0.801. The molecule has 0 unspecified atom stereocenters. The van der Waals surface area contributed by atoms with Gasteiger partial charge in [-0.25, -0.2) is 8.42 Å². The lowest BCUT2D eigenvalue weighted by Crippen LogP contribution is -2.34. The van der Waals surface area contributed by atoms with E-state index in [4.69, 9.17) is 5.26 Å². The van der Waals surface area contributed by atoms with Crippen molar-refractivity contribution in [2.24, 2.45) is 0 Å². The van der Waals surface area contributed by atoms with Crippen molar-refractivity contribution in [3.05, 3.63) is 11.4 Å². The first-order valence-corrected chi connectivity index (χ1v) is 6.83. The van der Waals surface area contributed by atoms with Crippen molar-refractivity contribution in [1.29, 1.82) is 5.26 Å². The summed E-state index contributed by atoms with van der Waals surface area (Å²) in [6.07, 6.45) is 1.66. The van der Waals surface area contributed by atoms with Gasteiger partial charge in [0.25, 0.3) is 0 Å². The third kappa shape index (κ3) is 2.06. The summed E-state index contributed by atoms with van der Waals surface area (Å²) in [4.78, 5) is 0.208. The molecule has 0 aromatic carbocycles. The first-order valence-electron chi connectivity index (χ1n) is 5.39. The van der Waals surface area contributed by atoms with Crippen molar-refractivity contribution < 1.29 is 8.42 Å². The Kier molecular flexibility index (Phi) is 2.93. The van der Waals surface area contributed by atoms with E-state index in [0.717, 1.165) is 12.8 Å². The Morgan fingerprint density at radius 2 is 2.18 bits per heavy atom. The number of nitrogens with zero attached hydrogens (tertiary/aromatic N) is 3. The molecule has 0 spiro atoms. The fourth-order valence-electron chi connectivity index (χ4n) is 1.88. The van der Waals surface area contributed by atoms with E-state index in [9.17, 15) is 8.42 Å². The van der Waals surface area contributed by atoms with Crippen LogP contribution in [0.3, 0.4) is 0 Å². The number of hydrogen-bond donors (Lipinski definition) is 1. The van der Waals surface area contributed by atoms with Crippen molar-refractivity contribution in [3.63, 3.8) is 0 Å². The van der Waals surface area contributed by atoms with Crippen LogP contribution in [0.15, 0.2) is 4.90 Å². The minimum Gasteiger partial charge on any atom is -0.281 e. The molecule has 0 saturated heterocycles. The van der Waals surface area contributed by atoms with Gasteiger partial charge in [-0.05, 0) is 26.7 Å². The lowest BCUT2D eigenvalue weighted by Gasteiger charge is -2.18. The van der Waals surface area contributed by atoms with Gasteiger partial charge in [-0.3, -0.25) is 5.10 Å². The fourth-order valence-corrected chi connectivity index (χ4v) is 3.80. The molecule has 92 valence electrons. The monoisotopic (exact) mass is 254 g/mol. The molecule has 1 saturated carbocycles. The van der Waals surface area contributed by atoms with Crippen LogP contribution in [0.25, 0.3) is 0 Å². The van der Waals surface area contributed by atoms with Crippen LogP contribution in [-0.4, -0.2) is 35.5 Å². The summed E-state index contributed by atoms with van der Waals surface area (Å²) in [5, 5.41) is 15.3. The predicted octanol–water partition coefficient (Wildman–Crippen LogP) is 0.703. The minimum absolute atomic E-state index is 0.0200. The SMILES string of the molecule is Cc1n[nH]c(C)c1S(=O)(=O)N(CC#N)C1CC1. The smallest absolute Gasteiger partial charge is 0.247 e. The molecule has 1 heterocycles. The van der Waals surface area contributed by atoms with Crippen LogP contribution in [0.4, 0.5) is 0 Å². The van der Waals surface area contributed by atoms with Gasteiger partial charge in [0.15, 0.2) is 0 Å². The molecule has 1 aromatic rings. The van der Waals surface area contributed by atoms with Gasteiger partial charge in [0.1, 0.15) is 11.4 Å². The highest BCUT2D eigenvalue weighted by atomic mass is 32.2. The summed E-state index contributed by atoms with van der Waals surface area (Å²) in [5.74, 6) is 0. The van der Waals surface area contributed by atoms with Gasteiger partial charge in [-0.15, -0.1) is 0 Å². The Balaban J connectivity index is 2.45. The molecule has 0 bridgehead atoms. The minimum atomic E-state index is -3.60. The maximum Gasteiger partial charge on any atom is 0.247 e. The molecular weight excluding hydrogens is 240 g/mol. The lowest BCUT2D eigenvalue weighted by molar-refractivity contribution is 0.438. The number of rotatable bonds is 4. The number of nitriles is 1. The average Bonchev–Trinajstić information content (AvgIpc) is 3.01. The molecule has 1 aliphatic carbocycles. The lowest BCUT2D eigenvalue weighted by atomic mass is 10.4. The highest BCUT2D eigenvalue weighted by Crippen LogP contribution is 2.33. The molecule has 6 nitrogen and oxygen atoms in total. The Morgan fingerprint density at radius 1 is 1.53 bits per heavy atom. The molecule has 0 atom stereocenters. The second-order valence-corrected chi connectivity index (χ2v) is 6.03. The number of hydrogen-bond acceptors (Lipinski definition) is 4. The third-order valence-electron chi connectivity index (χ3n) is 2.81. The molecule has 1 aliphatic rings. The van der Waals surface area contributed by atoms with E-state index in [0.29, 0.717) is 11.4 Å². The van der Waals surface area contributed by atoms with Crippen molar-refractivity contribution >= 4 is 10.0 Å². The topological polar surface area (TPSA) is 89.8 Å². The van der Waals surface area contributed by atoms with Gasteiger partial charge in [-0.1, -0.05) is 0 Å². The fraction of sp³-hybridized carbons (Fsp3) is 0.600. The Labute approximate surface area is 100 Å². The van der Waals surface area contributed by atoms with Gasteiger partial charge >= 0.3 is 0 Å². The Morgan fingerprint density at radius 3 is 2.59 bits per heavy atom. The molecule has 17 heavy (non-hydrogen) atoms. The molecule has 7 heteroatoms. The highest BCUT2D eigenvalue weighted by Gasteiger charge is 2.39. The molecular formula is C10H14N4O2S. The van der Waals surface area contributed by atoms with Crippen molar-refractivity contribution in [2.45, 2.75) is 37.6 Å². The van der Waals surface area contributed by atoms with Gasteiger partial charge in [0.2, 0.25) is 10.0 Å². The number of aromatic amines is 1. The maximum absolute atomic E-state index is 12.4. The van der Waals surface area contributed by atoms with Crippen LogP contribution in [-0.2, 0) is 10.0 Å². The maximum atomic E-state index is 12.4. The molecule has 0 radical (unpaired) electrons. The van der Waals surface area contributed by atoms with Crippen molar-refractivity contribution in [1.82, 2.24) is 14.5 Å². The third-order valence-corrected chi connectivity index (χ3v) is 4.97. The van der Waals surface area contributed by atoms with Gasteiger partial charge in [0, 0.05) is 6.04 Å². The zero-order chi connectivity index (χ0) is 12.6. The average molecular weight is 254 g/mol. The van der Waals surface area contributed by atoms with E-state index < -0.39 is 10.0 Å². The van der Waals surface area contributed by atoms with Crippen LogP contribution in [0.5, 0.6) is 0 Å². The summed E-state index contributed by atoms with van der Waals surface area (Å²) in [6, 6.07) is 1.89. The van der Waals surface area contributed by atoms with E-state index >= 15 is 0 Å². The summed E-state index contributed by atoms with van der Waals surface area (Å²) < 4.78 is 26.1. The molecule has 1 aromatic heterocycles. The molecule has 0 amide bonds. The van der Waals surface area contributed by atoms with Crippen LogP contribution in [0, 0.1) is 25.2 Å². The van der Waals surface area contributed by atoms with Crippen LogP contribution < -0.4 is 0 Å². The van der Waals surface area contributed by atoms with E-state index in [1.54, 1.807) is 13.8 Å². The summed E-state index contributed by atoms with van der Waals surface area (Å²) in [7, 11) is -3.60. The number of sulfonamides is 1. The molecule has 0 aliphatic heterocycles. The van der Waals surface area contributed by atoms with Crippen LogP contribution in [0.2, 0.25) is 0 Å². The second kappa shape index (κ2) is 4.13. The first-order chi connectivity index (χ1) is 7.98. The summed E-state index contributed by atoms with van der Waals surface area (Å²) in [5.41, 5.74) is 0.970. The van der Waals surface area contributed by atoms with Gasteiger partial charge < -0.3 is 0 Å². The van der Waals surface area contributed by atoms with Crippen LogP contribution in [0.1, 0.15) is 24.2 Å². The van der Waals surface area contributed by atoms with E-state index in [-0.39, 0.29) is 17.5 Å². The number of H-pyrrole nitrogens is 1. The number of nitrogens with one attached hydrogen (secondary N) is 1. The normalized spacial score (nSPS) is 16.1. The van der Waals surface area contributed by atoms with E-state index in [1.807, 2.05) is 6.07 Å². The van der Waals surface area contributed by atoms with Crippen molar-refractivity contribution in [3.8, 4) is 6.07 Å². The summed E-state index contributed by atoms with van der Waals surface area (Å²) >= 11 is 0. The number of aromatic nitrogens is 2. The molecule has 2 rings (SSSR count). The van der Waals surface area contributed by atoms with E-state index in [2.05, 4.69) is 10.2 Å². The first kappa shape index (κ1) is 12.1. The molecule has 1 N–H and O–H groups in total. The summed E-state index contributed by atoms with van der Waals surface area (Å²) in [6.45, 7) is 3.22. The second-order valence-electron chi connectivity index (χ2n) is 4.20. The Bertz CT molecular complexity index is 546. The molecule has 1 fully saturated rings. The standard InChI is InChI=1S/C10H14N4O2S/c1-7-10(8(2)13-12-7)17(15,16)14(6-5-11)9-3-4-9/h9H,3-4,6H2,1-2H3,(H,12,13). The van der Waals surface area contributed by atoms with Gasteiger partial charge in [0.05, 0.1) is 17.5 Å². The van der Waals surface area contributed by atoms with E-state index in [1.165, 1.54) is 4.31 Å². The van der Waals surface area contributed by atoms with Crippen LogP contribution >= 0.6 is 0 Å². The Hall–Kier alpha value is -1.39. The zero-order valence-electron chi connectivity index (χ0n) is 9.77. The van der Waals surface area contributed by atoms with Gasteiger partial charge in [-0.2, -0.15) is 14.7 Å². The van der Waals surface area contributed by atoms with Crippen molar-refractivity contribution in [2.75, 3.05) is 6.54 Å². The highest BCUT2D eigenvalue weighted by molar-refractivity contribution is 7.89. The number of aryl methyl sites for hydroxylation is 2.